The second-order valence-electron chi connectivity index (χ2n) is 11.0. The van der Waals surface area contributed by atoms with Crippen molar-refractivity contribution in [3.05, 3.63) is 89.6 Å². The van der Waals surface area contributed by atoms with E-state index in [2.05, 4.69) is 39.6 Å². The maximum absolute atomic E-state index is 13.0. The highest BCUT2D eigenvalue weighted by molar-refractivity contribution is 8.00. The van der Waals surface area contributed by atoms with E-state index in [0.29, 0.717) is 34.4 Å². The van der Waals surface area contributed by atoms with Gasteiger partial charge >= 0.3 is 6.18 Å². The van der Waals surface area contributed by atoms with Crippen LogP contribution in [0.15, 0.2) is 72.8 Å². The van der Waals surface area contributed by atoms with Crippen LogP contribution >= 0.6 is 11.9 Å². The first-order valence-electron chi connectivity index (χ1n) is 16.5. The topological polar surface area (TPSA) is 53.4 Å². The van der Waals surface area contributed by atoms with Crippen LogP contribution in [0.25, 0.3) is 22.0 Å². The number of aromatic hydroxyl groups is 1. The maximum atomic E-state index is 13.0. The van der Waals surface area contributed by atoms with Crippen molar-refractivity contribution >= 4 is 34.8 Å². The predicted octanol–water partition coefficient (Wildman–Crippen LogP) is 12.5. The molecule has 0 fully saturated rings. The van der Waals surface area contributed by atoms with Crippen LogP contribution in [-0.4, -0.2) is 29.2 Å². The summed E-state index contributed by atoms with van der Waals surface area (Å²) in [5, 5.41) is 9.82. The van der Waals surface area contributed by atoms with Crippen LogP contribution in [0.2, 0.25) is 0 Å². The standard InChI is InChI=1S/C20H17F3N2OS.C11H16O.C4H10.2C2H6/c1-3-27-25(2)19-11-16(12-26)24-18-8-7-14(10-17(18)19)13-5-4-6-15(9-13)20(21,22)23;1-3-9(2)8-10-4-6-11(12)7-5-10;1-4(2)3;2*1-2/h4-12H,3H2,1-2H3;4-7,9,12H,3,8H2,1-2H3;4H,1-3H3;2*1-2H3. The number of carbonyl (C=O) groups excluding carboxylic acids is 1. The summed E-state index contributed by atoms with van der Waals surface area (Å²) in [6.45, 7) is 21.0. The number of fused-ring (bicyclic) bond motifs is 1. The number of rotatable bonds is 8. The van der Waals surface area contributed by atoms with Gasteiger partial charge in [0.1, 0.15) is 11.4 Å². The van der Waals surface area contributed by atoms with Crippen molar-refractivity contribution in [2.75, 3.05) is 17.1 Å². The van der Waals surface area contributed by atoms with Crippen LogP contribution in [-0.2, 0) is 12.6 Å². The third-order valence-electron chi connectivity index (χ3n) is 6.33. The van der Waals surface area contributed by atoms with Crippen LogP contribution in [0.1, 0.15) is 97.3 Å². The molecule has 47 heavy (non-hydrogen) atoms. The Morgan fingerprint density at radius 2 is 1.45 bits per heavy atom. The molecule has 4 aromatic rings. The van der Waals surface area contributed by atoms with Crippen LogP contribution in [0, 0.1) is 11.8 Å². The van der Waals surface area contributed by atoms with Gasteiger partial charge in [-0.3, -0.25) is 4.79 Å². The number of pyridine rings is 1. The van der Waals surface area contributed by atoms with Crippen LogP contribution in [0.4, 0.5) is 18.9 Å². The Kier molecular flexibility index (Phi) is 21.2. The van der Waals surface area contributed by atoms with Crippen molar-refractivity contribution < 1.29 is 23.1 Å². The molecule has 0 bridgehead atoms. The van der Waals surface area contributed by atoms with Gasteiger partial charge in [-0.1, -0.05) is 118 Å². The summed E-state index contributed by atoms with van der Waals surface area (Å²) in [6.07, 6.45) is -1.39. The Morgan fingerprint density at radius 1 is 0.872 bits per heavy atom. The number of anilines is 1. The normalized spacial score (nSPS) is 11.0. The quantitative estimate of drug-likeness (QED) is 0.149. The van der Waals surface area contributed by atoms with Crippen LogP contribution in [0.5, 0.6) is 5.75 Å². The van der Waals surface area contributed by atoms with Crippen molar-refractivity contribution in [1.82, 2.24) is 4.98 Å². The Labute approximate surface area is 286 Å². The molecule has 1 unspecified atom stereocenters. The van der Waals surface area contributed by atoms with Crippen LogP contribution in [0.3, 0.4) is 0 Å². The molecule has 260 valence electrons. The molecule has 1 atom stereocenters. The first-order valence-corrected chi connectivity index (χ1v) is 17.4. The first kappa shape index (κ1) is 43.5. The molecule has 0 amide bonds. The number of alkyl halides is 3. The zero-order valence-electron chi connectivity index (χ0n) is 30.1. The van der Waals surface area contributed by atoms with Gasteiger partial charge in [-0.05, 0) is 77.4 Å². The summed E-state index contributed by atoms with van der Waals surface area (Å²) >= 11 is 1.57. The summed E-state index contributed by atoms with van der Waals surface area (Å²) in [6, 6.07) is 19.7. The molecule has 1 N–H and O–H groups in total. The van der Waals surface area contributed by atoms with Crippen molar-refractivity contribution in [2.45, 2.75) is 88.3 Å². The Morgan fingerprint density at radius 3 is 1.96 bits per heavy atom. The number of halogens is 3. The molecule has 0 saturated carbocycles. The molecule has 1 aromatic heterocycles. The number of phenols is 1. The van der Waals surface area contributed by atoms with Gasteiger partial charge in [0.25, 0.3) is 0 Å². The zero-order valence-corrected chi connectivity index (χ0v) is 30.9. The van der Waals surface area contributed by atoms with Crippen LogP contribution < -0.4 is 4.31 Å². The minimum absolute atomic E-state index is 0.313. The van der Waals surface area contributed by atoms with Gasteiger partial charge in [-0.2, -0.15) is 13.2 Å². The summed E-state index contributed by atoms with van der Waals surface area (Å²) in [5.74, 6) is 2.75. The smallest absolute Gasteiger partial charge is 0.416 e. The summed E-state index contributed by atoms with van der Waals surface area (Å²) in [7, 11) is 1.88. The Bertz CT molecular complexity index is 1440. The molecule has 0 spiro atoms. The summed E-state index contributed by atoms with van der Waals surface area (Å²) in [5.41, 5.74) is 3.48. The molecular weight excluding hydrogens is 618 g/mol. The maximum Gasteiger partial charge on any atom is 0.416 e. The molecule has 0 aliphatic rings. The summed E-state index contributed by atoms with van der Waals surface area (Å²) in [4.78, 5) is 15.5. The molecule has 4 rings (SSSR count). The van der Waals surface area contributed by atoms with Gasteiger partial charge in [0.05, 0.1) is 16.8 Å². The number of aldehydes is 1. The molecule has 1 heterocycles. The number of aromatic nitrogens is 1. The lowest BCUT2D eigenvalue weighted by Gasteiger charge is -2.20. The highest BCUT2D eigenvalue weighted by atomic mass is 32.2. The van der Waals surface area contributed by atoms with E-state index in [0.717, 1.165) is 47.2 Å². The predicted molar refractivity (Wildman–Crippen MR) is 199 cm³/mol. The van der Waals surface area contributed by atoms with E-state index in [4.69, 9.17) is 5.11 Å². The van der Waals surface area contributed by atoms with E-state index < -0.39 is 11.7 Å². The van der Waals surface area contributed by atoms with E-state index in [1.165, 1.54) is 18.1 Å². The van der Waals surface area contributed by atoms with E-state index >= 15 is 0 Å². The van der Waals surface area contributed by atoms with Gasteiger partial charge in [-0.25, -0.2) is 4.98 Å². The average Bonchev–Trinajstić information content (AvgIpc) is 3.06. The number of carbonyl (C=O) groups is 1. The Hall–Kier alpha value is -3.52. The SMILES string of the molecule is CC.CC.CC(C)C.CCC(C)Cc1ccc(O)cc1.CCSN(C)c1cc(C=O)nc2ccc(-c3cccc(C(F)(F)F)c3)cc12. The second kappa shape index (κ2) is 22.9. The highest BCUT2D eigenvalue weighted by Gasteiger charge is 2.30. The van der Waals surface area contributed by atoms with Gasteiger partial charge in [0, 0.05) is 18.2 Å². The third kappa shape index (κ3) is 15.8. The molecule has 0 radical (unpaired) electrons. The van der Waals surface area contributed by atoms with E-state index in [9.17, 15) is 18.0 Å². The van der Waals surface area contributed by atoms with Gasteiger partial charge in [-0.15, -0.1) is 0 Å². The molecular formula is C39H55F3N2O2S. The molecule has 8 heteroatoms. The second-order valence-corrected chi connectivity index (χ2v) is 12.4. The minimum atomic E-state index is -4.39. The zero-order chi connectivity index (χ0) is 36.2. The molecule has 0 aliphatic carbocycles. The van der Waals surface area contributed by atoms with Gasteiger partial charge in [0.15, 0.2) is 6.29 Å². The molecule has 0 saturated heterocycles. The number of benzene rings is 3. The number of hydrogen-bond donors (Lipinski definition) is 1. The van der Waals surface area contributed by atoms with Crippen molar-refractivity contribution in [1.29, 1.82) is 0 Å². The largest absolute Gasteiger partial charge is 0.508 e. The first-order chi connectivity index (χ1) is 22.3. The average molecular weight is 673 g/mol. The molecule has 4 nitrogen and oxygen atoms in total. The fourth-order valence-corrected chi connectivity index (χ4v) is 4.72. The Balaban J connectivity index is 0.000000877. The number of hydrogen-bond acceptors (Lipinski definition) is 5. The number of phenolic OH excluding ortho intramolecular Hbond substituents is 1. The van der Waals surface area contributed by atoms with Crippen molar-refractivity contribution in [3.63, 3.8) is 0 Å². The molecule has 3 aromatic carbocycles. The fraction of sp³-hybridized carbons (Fsp3) is 0.436. The van der Waals surface area contributed by atoms with E-state index in [1.54, 1.807) is 48.3 Å². The minimum Gasteiger partial charge on any atom is -0.508 e. The van der Waals surface area contributed by atoms with E-state index in [1.807, 2.05) is 64.2 Å². The lowest BCUT2D eigenvalue weighted by atomic mass is 9.99. The van der Waals surface area contributed by atoms with E-state index in [-0.39, 0.29) is 0 Å². The lowest BCUT2D eigenvalue weighted by molar-refractivity contribution is -0.137. The monoisotopic (exact) mass is 672 g/mol. The lowest BCUT2D eigenvalue weighted by Crippen LogP contribution is -2.08. The fourth-order valence-electron chi connectivity index (χ4n) is 4.05. The van der Waals surface area contributed by atoms with Crippen molar-refractivity contribution in [2.24, 2.45) is 11.8 Å². The van der Waals surface area contributed by atoms with Gasteiger partial charge < -0.3 is 9.41 Å². The van der Waals surface area contributed by atoms with Crippen molar-refractivity contribution in [3.8, 4) is 16.9 Å². The highest BCUT2D eigenvalue weighted by Crippen LogP contribution is 2.35. The number of nitrogens with zero attached hydrogens (tertiary/aromatic N) is 2. The third-order valence-corrected chi connectivity index (χ3v) is 7.17. The van der Waals surface area contributed by atoms with Gasteiger partial charge in [0.2, 0.25) is 0 Å². The summed E-state index contributed by atoms with van der Waals surface area (Å²) < 4.78 is 41.0. The molecule has 0 aliphatic heterocycles.